The SMILES string of the molecule is CC(=O)N1C[C@@H](c2ccc(OC(F)F)c(OCC3CC3)c2)C[C@@H]1C(=O)OCc1cccc(C(=O)N(C)c2ccc(C)cc2)n1. The van der Waals surface area contributed by atoms with Crippen molar-refractivity contribution in [1.29, 1.82) is 0 Å². The number of likely N-dealkylation sites (tertiary alicyclic amines) is 1. The molecule has 9 nitrogen and oxygen atoms in total. The Hall–Kier alpha value is -4.54. The first-order valence-electron chi connectivity index (χ1n) is 14.5. The van der Waals surface area contributed by atoms with Gasteiger partial charge in [-0.1, -0.05) is 29.8 Å². The molecule has 2 aliphatic rings. The normalized spacial score (nSPS) is 17.8. The van der Waals surface area contributed by atoms with Crippen LogP contribution in [0.5, 0.6) is 11.5 Å². The molecular weight excluding hydrogens is 572 g/mol. The molecule has 2 aromatic carbocycles. The highest BCUT2D eigenvalue weighted by molar-refractivity contribution is 6.04. The Balaban J connectivity index is 1.25. The first-order valence-corrected chi connectivity index (χ1v) is 14.5. The fourth-order valence-electron chi connectivity index (χ4n) is 5.20. The topological polar surface area (TPSA) is 98.3 Å². The predicted molar refractivity (Wildman–Crippen MR) is 158 cm³/mol. The first kappa shape index (κ1) is 30.9. The lowest BCUT2D eigenvalue weighted by Crippen LogP contribution is -2.40. The zero-order valence-electron chi connectivity index (χ0n) is 24.9. The lowest BCUT2D eigenvalue weighted by Gasteiger charge is -2.21. The van der Waals surface area contributed by atoms with Gasteiger partial charge in [0.05, 0.1) is 12.3 Å². The Kier molecular flexibility index (Phi) is 9.41. The van der Waals surface area contributed by atoms with E-state index < -0.39 is 18.6 Å². The number of nitrogens with zero attached hydrogens (tertiary/aromatic N) is 3. The van der Waals surface area contributed by atoms with Crippen LogP contribution in [0.4, 0.5) is 14.5 Å². The van der Waals surface area contributed by atoms with Gasteiger partial charge in [-0.25, -0.2) is 9.78 Å². The van der Waals surface area contributed by atoms with Crippen LogP contribution in [0.25, 0.3) is 0 Å². The van der Waals surface area contributed by atoms with E-state index in [1.165, 1.54) is 22.8 Å². The fourth-order valence-corrected chi connectivity index (χ4v) is 5.20. The Morgan fingerprint density at radius 1 is 1.05 bits per heavy atom. The minimum absolute atomic E-state index is 0.0555. The molecule has 44 heavy (non-hydrogen) atoms. The number of hydrogen-bond acceptors (Lipinski definition) is 7. The molecule has 2 atom stereocenters. The van der Waals surface area contributed by atoms with Crippen LogP contribution >= 0.6 is 0 Å². The van der Waals surface area contributed by atoms with Crippen LogP contribution in [0.15, 0.2) is 60.7 Å². The predicted octanol–water partition coefficient (Wildman–Crippen LogP) is 5.50. The summed E-state index contributed by atoms with van der Waals surface area (Å²) in [5.41, 5.74) is 3.12. The van der Waals surface area contributed by atoms with Gasteiger partial charge in [-0.3, -0.25) is 9.59 Å². The summed E-state index contributed by atoms with van der Waals surface area (Å²) in [4.78, 5) is 46.1. The van der Waals surface area contributed by atoms with Crippen LogP contribution < -0.4 is 14.4 Å². The number of esters is 1. The maximum absolute atomic E-state index is 13.2. The smallest absolute Gasteiger partial charge is 0.387 e. The molecule has 0 bridgehead atoms. The number of carbonyl (C=O) groups is 3. The molecule has 1 aliphatic heterocycles. The molecule has 5 rings (SSSR count). The van der Waals surface area contributed by atoms with Crippen molar-refractivity contribution in [2.45, 2.75) is 58.3 Å². The molecule has 0 spiro atoms. The van der Waals surface area contributed by atoms with Crippen molar-refractivity contribution in [2.24, 2.45) is 5.92 Å². The Morgan fingerprint density at radius 2 is 1.80 bits per heavy atom. The molecule has 0 unspecified atom stereocenters. The summed E-state index contributed by atoms with van der Waals surface area (Å²) in [7, 11) is 1.66. The van der Waals surface area contributed by atoms with Crippen molar-refractivity contribution in [1.82, 2.24) is 9.88 Å². The van der Waals surface area contributed by atoms with E-state index in [2.05, 4.69) is 9.72 Å². The monoisotopic (exact) mass is 607 g/mol. The second kappa shape index (κ2) is 13.4. The van der Waals surface area contributed by atoms with Crippen LogP contribution in [0.1, 0.15) is 59.4 Å². The first-order chi connectivity index (χ1) is 21.1. The highest BCUT2D eigenvalue weighted by Gasteiger charge is 2.40. The van der Waals surface area contributed by atoms with E-state index >= 15 is 0 Å². The summed E-state index contributed by atoms with van der Waals surface area (Å²) in [6, 6.07) is 16.3. The average molecular weight is 608 g/mol. The second-order valence-corrected chi connectivity index (χ2v) is 11.3. The van der Waals surface area contributed by atoms with Gasteiger partial charge in [0.2, 0.25) is 5.91 Å². The number of ether oxygens (including phenoxy) is 3. The van der Waals surface area contributed by atoms with Crippen molar-refractivity contribution in [3.05, 3.63) is 83.2 Å². The maximum Gasteiger partial charge on any atom is 0.387 e. The molecule has 2 amide bonds. The molecule has 11 heteroatoms. The van der Waals surface area contributed by atoms with Crippen LogP contribution in [0.3, 0.4) is 0 Å². The summed E-state index contributed by atoms with van der Waals surface area (Å²) in [5, 5.41) is 0. The Morgan fingerprint density at radius 3 is 2.48 bits per heavy atom. The maximum atomic E-state index is 13.2. The molecule has 1 saturated carbocycles. The van der Waals surface area contributed by atoms with Crippen molar-refractivity contribution in [2.75, 3.05) is 25.1 Å². The number of amides is 2. The lowest BCUT2D eigenvalue weighted by atomic mass is 9.96. The van der Waals surface area contributed by atoms with E-state index in [0.29, 0.717) is 18.2 Å². The lowest BCUT2D eigenvalue weighted by molar-refractivity contribution is -0.154. The van der Waals surface area contributed by atoms with Crippen LogP contribution in [0, 0.1) is 12.8 Å². The van der Waals surface area contributed by atoms with Gasteiger partial charge in [0, 0.05) is 32.1 Å². The summed E-state index contributed by atoms with van der Waals surface area (Å²) in [6.07, 6.45) is 2.35. The largest absolute Gasteiger partial charge is 0.489 e. The molecule has 2 heterocycles. The molecule has 1 aliphatic carbocycles. The van der Waals surface area contributed by atoms with Gasteiger partial charge in [-0.2, -0.15) is 8.78 Å². The summed E-state index contributed by atoms with van der Waals surface area (Å²) in [6.45, 7) is 0.829. The number of aryl methyl sites for hydroxylation is 1. The zero-order valence-corrected chi connectivity index (χ0v) is 24.9. The number of aromatic nitrogens is 1. The summed E-state index contributed by atoms with van der Waals surface area (Å²) in [5.74, 6) is -0.892. The van der Waals surface area contributed by atoms with Crippen molar-refractivity contribution in [3.8, 4) is 11.5 Å². The van der Waals surface area contributed by atoms with E-state index in [1.807, 2.05) is 31.2 Å². The molecule has 0 radical (unpaired) electrons. The summed E-state index contributed by atoms with van der Waals surface area (Å²) < 4.78 is 42.0. The molecule has 2 fully saturated rings. The molecule has 1 aromatic heterocycles. The minimum atomic E-state index is -3.00. The van der Waals surface area contributed by atoms with Gasteiger partial charge >= 0.3 is 12.6 Å². The highest BCUT2D eigenvalue weighted by Crippen LogP contribution is 2.39. The number of benzene rings is 2. The second-order valence-electron chi connectivity index (χ2n) is 11.3. The number of anilines is 1. The Labute approximate surface area is 254 Å². The van der Waals surface area contributed by atoms with E-state index in [9.17, 15) is 23.2 Å². The minimum Gasteiger partial charge on any atom is -0.489 e. The van der Waals surface area contributed by atoms with Crippen molar-refractivity contribution < 1.29 is 37.4 Å². The molecule has 3 aromatic rings. The Bertz CT molecular complexity index is 1510. The summed E-state index contributed by atoms with van der Waals surface area (Å²) >= 11 is 0. The number of alkyl halides is 2. The third kappa shape index (κ3) is 7.50. The third-order valence-corrected chi connectivity index (χ3v) is 7.92. The fraction of sp³-hybridized carbons (Fsp3) is 0.394. The van der Waals surface area contributed by atoms with Gasteiger partial charge in [0.25, 0.3) is 5.91 Å². The average Bonchev–Trinajstić information content (AvgIpc) is 3.73. The molecular formula is C33H35F2N3O6. The van der Waals surface area contributed by atoms with Crippen molar-refractivity contribution in [3.63, 3.8) is 0 Å². The number of rotatable bonds is 11. The molecule has 232 valence electrons. The number of halogens is 2. The third-order valence-electron chi connectivity index (χ3n) is 7.92. The van der Waals surface area contributed by atoms with Crippen LogP contribution in [-0.4, -0.2) is 60.5 Å². The van der Waals surface area contributed by atoms with E-state index in [-0.39, 0.29) is 54.5 Å². The van der Waals surface area contributed by atoms with Crippen molar-refractivity contribution >= 4 is 23.5 Å². The standard InChI is InChI=1S/C33H35F2N3O6/c1-20-7-12-26(13-8-20)37(3)31(40)27-6-4-5-25(36-27)19-43-32(41)28-15-24(17-38(28)21(2)39)23-11-14-29(44-33(34)35)30(16-23)42-18-22-9-10-22/h4-8,11-14,16,22,24,28,33H,9-10,15,17-19H2,1-3H3/t24-,28+/m0/s1. The van der Waals surface area contributed by atoms with E-state index in [4.69, 9.17) is 9.47 Å². The van der Waals surface area contributed by atoms with Crippen LogP contribution in [0.2, 0.25) is 0 Å². The highest BCUT2D eigenvalue weighted by atomic mass is 19.3. The quantitative estimate of drug-likeness (QED) is 0.265. The molecule has 1 saturated heterocycles. The van der Waals surface area contributed by atoms with Gasteiger partial charge in [-0.05, 0) is 74.1 Å². The van der Waals surface area contributed by atoms with E-state index in [1.54, 1.807) is 37.4 Å². The van der Waals surface area contributed by atoms with E-state index in [0.717, 1.165) is 29.7 Å². The van der Waals surface area contributed by atoms with Gasteiger partial charge in [-0.15, -0.1) is 0 Å². The zero-order chi connectivity index (χ0) is 31.4. The molecule has 0 N–H and O–H groups in total. The van der Waals surface area contributed by atoms with Gasteiger partial charge in [0.15, 0.2) is 11.5 Å². The van der Waals surface area contributed by atoms with Crippen LogP contribution in [-0.2, 0) is 20.9 Å². The number of carbonyl (C=O) groups excluding carboxylic acids is 3. The van der Waals surface area contributed by atoms with Gasteiger partial charge < -0.3 is 24.0 Å². The van der Waals surface area contributed by atoms with Gasteiger partial charge in [0.1, 0.15) is 18.3 Å². The number of hydrogen-bond donors (Lipinski definition) is 0. The number of pyridine rings is 1.